The third-order valence-corrected chi connectivity index (χ3v) is 5.38. The molecule has 1 unspecified atom stereocenters. The minimum atomic E-state index is -0.428. The first-order chi connectivity index (χ1) is 11.7. The Labute approximate surface area is 149 Å². The van der Waals surface area contributed by atoms with Crippen LogP contribution in [0.2, 0.25) is 0 Å². The van der Waals surface area contributed by atoms with E-state index in [0.717, 1.165) is 55.0 Å². The lowest BCUT2D eigenvalue weighted by atomic mass is 10.1. The maximum absolute atomic E-state index is 12.2. The molecular formula is C18H30N2O3S. The predicted octanol–water partition coefficient (Wildman–Crippen LogP) is 4.09. The third kappa shape index (κ3) is 5.28. The van der Waals surface area contributed by atoms with E-state index in [1.54, 1.807) is 5.01 Å². The van der Waals surface area contributed by atoms with E-state index in [2.05, 4.69) is 13.8 Å². The summed E-state index contributed by atoms with van der Waals surface area (Å²) in [5.41, 5.74) is 0. The Kier molecular flexibility index (Phi) is 8.18. The summed E-state index contributed by atoms with van der Waals surface area (Å²) in [6.45, 7) is 6.15. The van der Waals surface area contributed by atoms with E-state index in [1.165, 1.54) is 11.3 Å². The van der Waals surface area contributed by atoms with Gasteiger partial charge in [-0.3, -0.25) is 4.79 Å². The number of amides is 1. The number of aliphatic hydroxyl groups is 1. The fraction of sp³-hybridized carbons (Fsp3) is 0.722. The van der Waals surface area contributed by atoms with E-state index in [0.29, 0.717) is 19.7 Å². The number of hydrogen-bond acceptors (Lipinski definition) is 5. The molecule has 24 heavy (non-hydrogen) atoms. The van der Waals surface area contributed by atoms with E-state index < -0.39 is 6.10 Å². The molecule has 1 aliphatic heterocycles. The normalized spacial score (nSPS) is 17.0. The first kappa shape index (κ1) is 19.4. The van der Waals surface area contributed by atoms with Gasteiger partial charge in [0, 0.05) is 24.4 Å². The summed E-state index contributed by atoms with van der Waals surface area (Å²) in [7, 11) is 0. The zero-order valence-electron chi connectivity index (χ0n) is 14.9. The number of carbonyl (C=O) groups excluding carboxylic acids is 1. The van der Waals surface area contributed by atoms with Crippen LogP contribution < -0.4 is 5.01 Å². The topological polar surface area (TPSA) is 53.0 Å². The third-order valence-electron chi connectivity index (χ3n) is 4.22. The SMILES string of the molecule is CCCCCC(O)c1ccc(N2C(=O)CCN2COCCCC)s1. The van der Waals surface area contributed by atoms with Gasteiger partial charge in [-0.05, 0) is 25.0 Å². The average molecular weight is 355 g/mol. The van der Waals surface area contributed by atoms with Gasteiger partial charge in [-0.15, -0.1) is 11.3 Å². The monoisotopic (exact) mass is 354 g/mol. The minimum Gasteiger partial charge on any atom is -0.388 e. The summed E-state index contributed by atoms with van der Waals surface area (Å²) in [4.78, 5) is 13.2. The van der Waals surface area contributed by atoms with Gasteiger partial charge in [0.2, 0.25) is 5.91 Å². The highest BCUT2D eigenvalue weighted by Gasteiger charge is 2.31. The Morgan fingerprint density at radius 3 is 2.79 bits per heavy atom. The van der Waals surface area contributed by atoms with Crippen molar-refractivity contribution in [1.82, 2.24) is 5.01 Å². The van der Waals surface area contributed by atoms with Crippen molar-refractivity contribution in [3.63, 3.8) is 0 Å². The van der Waals surface area contributed by atoms with Crippen molar-refractivity contribution in [2.24, 2.45) is 0 Å². The van der Waals surface area contributed by atoms with Crippen LogP contribution in [0, 0.1) is 0 Å². The molecule has 2 rings (SSSR count). The van der Waals surface area contributed by atoms with Crippen molar-refractivity contribution in [3.8, 4) is 0 Å². The van der Waals surface area contributed by atoms with Crippen molar-refractivity contribution in [1.29, 1.82) is 0 Å². The molecule has 1 aromatic heterocycles. The molecule has 1 aliphatic rings. The van der Waals surface area contributed by atoms with Crippen LogP contribution in [0.25, 0.3) is 0 Å². The standard InChI is InChI=1S/C18H30N2O3S/c1-3-5-7-8-15(21)16-9-10-18(24-16)20-17(22)11-12-19(20)14-23-13-6-4-2/h9-10,15,21H,3-8,11-14H2,1-2H3. The Morgan fingerprint density at radius 2 is 2.04 bits per heavy atom. The lowest BCUT2D eigenvalue weighted by Crippen LogP contribution is -2.40. The molecule has 0 aliphatic carbocycles. The van der Waals surface area contributed by atoms with E-state index >= 15 is 0 Å². The quantitative estimate of drug-likeness (QED) is 0.608. The maximum Gasteiger partial charge on any atom is 0.243 e. The second-order valence-corrected chi connectivity index (χ2v) is 7.36. The van der Waals surface area contributed by atoms with E-state index in [-0.39, 0.29) is 5.91 Å². The van der Waals surface area contributed by atoms with Gasteiger partial charge in [0.15, 0.2) is 0 Å². The molecule has 1 N–H and O–H groups in total. The molecule has 1 saturated heterocycles. The Bertz CT molecular complexity index is 506. The number of unbranched alkanes of at least 4 members (excludes halogenated alkanes) is 3. The number of anilines is 1. The molecule has 6 heteroatoms. The summed E-state index contributed by atoms with van der Waals surface area (Å²) < 4.78 is 5.67. The molecule has 0 spiro atoms. The van der Waals surface area contributed by atoms with Crippen LogP contribution in [0.3, 0.4) is 0 Å². The fourth-order valence-electron chi connectivity index (χ4n) is 2.75. The second kappa shape index (κ2) is 10.1. The highest BCUT2D eigenvalue weighted by Crippen LogP contribution is 2.35. The summed E-state index contributed by atoms with van der Waals surface area (Å²) >= 11 is 1.51. The fourth-order valence-corrected chi connectivity index (χ4v) is 3.83. The number of hydrogen-bond donors (Lipinski definition) is 1. The Balaban J connectivity index is 1.94. The van der Waals surface area contributed by atoms with Crippen molar-refractivity contribution in [2.45, 2.75) is 64.9 Å². The van der Waals surface area contributed by atoms with Gasteiger partial charge in [-0.2, -0.15) is 5.01 Å². The van der Waals surface area contributed by atoms with E-state index in [9.17, 15) is 9.90 Å². The first-order valence-corrected chi connectivity index (χ1v) is 9.92. The number of thiophene rings is 1. The number of hydrazine groups is 1. The van der Waals surface area contributed by atoms with Crippen LogP contribution in [0.15, 0.2) is 12.1 Å². The predicted molar refractivity (Wildman–Crippen MR) is 98.0 cm³/mol. The van der Waals surface area contributed by atoms with Gasteiger partial charge in [0.25, 0.3) is 0 Å². The van der Waals surface area contributed by atoms with Crippen molar-refractivity contribution >= 4 is 22.2 Å². The van der Waals surface area contributed by atoms with Crippen LogP contribution in [0.1, 0.15) is 69.8 Å². The zero-order valence-corrected chi connectivity index (χ0v) is 15.7. The van der Waals surface area contributed by atoms with Crippen LogP contribution in [0.4, 0.5) is 5.00 Å². The molecule has 1 fully saturated rings. The van der Waals surface area contributed by atoms with Crippen molar-refractivity contribution in [3.05, 3.63) is 17.0 Å². The van der Waals surface area contributed by atoms with Crippen molar-refractivity contribution in [2.75, 3.05) is 24.9 Å². The molecule has 0 bridgehead atoms. The molecule has 1 amide bonds. The van der Waals surface area contributed by atoms with Crippen LogP contribution in [-0.2, 0) is 9.53 Å². The molecule has 1 atom stereocenters. The average Bonchev–Trinajstić information content (AvgIpc) is 3.18. The number of nitrogens with zero attached hydrogens (tertiary/aromatic N) is 2. The molecule has 1 aromatic rings. The highest BCUT2D eigenvalue weighted by molar-refractivity contribution is 7.16. The number of rotatable bonds is 11. The smallest absolute Gasteiger partial charge is 0.243 e. The summed E-state index contributed by atoms with van der Waals surface area (Å²) in [5.74, 6) is 0.1000. The molecule has 5 nitrogen and oxygen atoms in total. The molecule has 2 heterocycles. The Hall–Kier alpha value is -0.950. The van der Waals surface area contributed by atoms with Crippen LogP contribution >= 0.6 is 11.3 Å². The first-order valence-electron chi connectivity index (χ1n) is 9.10. The second-order valence-electron chi connectivity index (χ2n) is 6.26. The van der Waals surface area contributed by atoms with Crippen LogP contribution in [-0.4, -0.2) is 35.9 Å². The largest absolute Gasteiger partial charge is 0.388 e. The number of aliphatic hydroxyl groups excluding tert-OH is 1. The highest BCUT2D eigenvalue weighted by atomic mass is 32.1. The summed E-state index contributed by atoms with van der Waals surface area (Å²) in [6, 6.07) is 3.88. The van der Waals surface area contributed by atoms with E-state index in [1.807, 2.05) is 17.1 Å². The zero-order chi connectivity index (χ0) is 17.4. The minimum absolute atomic E-state index is 0.1000. The summed E-state index contributed by atoms with van der Waals surface area (Å²) in [5, 5.41) is 14.9. The number of ether oxygens (including phenoxy) is 1. The maximum atomic E-state index is 12.2. The van der Waals surface area contributed by atoms with Gasteiger partial charge in [-0.25, -0.2) is 5.01 Å². The lowest BCUT2D eigenvalue weighted by Gasteiger charge is -2.26. The van der Waals surface area contributed by atoms with Gasteiger partial charge in [0.1, 0.15) is 11.7 Å². The molecule has 136 valence electrons. The molecular weight excluding hydrogens is 324 g/mol. The molecule has 0 saturated carbocycles. The van der Waals surface area contributed by atoms with Crippen LogP contribution in [0.5, 0.6) is 0 Å². The van der Waals surface area contributed by atoms with Gasteiger partial charge < -0.3 is 9.84 Å². The van der Waals surface area contributed by atoms with E-state index in [4.69, 9.17) is 4.74 Å². The lowest BCUT2D eigenvalue weighted by molar-refractivity contribution is -0.118. The number of carbonyl (C=O) groups is 1. The van der Waals surface area contributed by atoms with Gasteiger partial charge in [-0.1, -0.05) is 39.5 Å². The van der Waals surface area contributed by atoms with Crippen molar-refractivity contribution < 1.29 is 14.6 Å². The molecule has 0 radical (unpaired) electrons. The Morgan fingerprint density at radius 1 is 1.25 bits per heavy atom. The molecule has 0 aromatic carbocycles. The summed E-state index contributed by atoms with van der Waals surface area (Å²) in [6.07, 6.45) is 6.34. The van der Waals surface area contributed by atoms with Gasteiger partial charge >= 0.3 is 0 Å². The van der Waals surface area contributed by atoms with Gasteiger partial charge in [0.05, 0.1) is 6.10 Å².